The molecule has 0 aliphatic carbocycles. The molecule has 1 aliphatic heterocycles. The number of methoxy groups -OCH3 is 1. The van der Waals surface area contributed by atoms with Gasteiger partial charge in [0.15, 0.2) is 0 Å². The highest BCUT2D eigenvalue weighted by atomic mass is 32.1. The van der Waals surface area contributed by atoms with Gasteiger partial charge in [-0.25, -0.2) is 0 Å². The Morgan fingerprint density at radius 2 is 1.96 bits per heavy atom. The van der Waals surface area contributed by atoms with Crippen LogP contribution < -0.4 is 0 Å². The van der Waals surface area contributed by atoms with Crippen LogP contribution in [0.1, 0.15) is 26.8 Å². The second-order valence-corrected chi connectivity index (χ2v) is 7.17. The third-order valence-corrected chi connectivity index (χ3v) is 5.37. The van der Waals surface area contributed by atoms with Crippen LogP contribution in [0.4, 0.5) is 0 Å². The van der Waals surface area contributed by atoms with Gasteiger partial charge in [-0.2, -0.15) is 0 Å². The Labute approximate surface area is 156 Å². The van der Waals surface area contributed by atoms with Crippen molar-refractivity contribution in [1.29, 1.82) is 0 Å². The molecule has 3 rings (SSSR count). The summed E-state index contributed by atoms with van der Waals surface area (Å²) in [6, 6.07) is 10.5. The van der Waals surface area contributed by atoms with Gasteiger partial charge >= 0.3 is 5.97 Å². The Kier molecular flexibility index (Phi) is 6.03. The van der Waals surface area contributed by atoms with Gasteiger partial charge < -0.3 is 14.7 Å². The van der Waals surface area contributed by atoms with Crippen LogP contribution in [0.3, 0.4) is 0 Å². The average molecular weight is 374 g/mol. The zero-order valence-electron chi connectivity index (χ0n) is 14.6. The molecule has 0 radical (unpaired) electrons. The van der Waals surface area contributed by atoms with Gasteiger partial charge in [0.2, 0.25) is 0 Å². The minimum absolute atomic E-state index is 0.0219. The molecule has 1 aromatic carbocycles. The van der Waals surface area contributed by atoms with E-state index in [4.69, 9.17) is 4.74 Å². The molecule has 0 unspecified atom stereocenters. The zero-order valence-corrected chi connectivity index (χ0v) is 15.4. The number of benzene rings is 1. The molecule has 0 spiro atoms. The number of carbonyl (C=O) groups is 2. The highest BCUT2D eigenvalue weighted by Gasteiger charge is 2.32. The molecular weight excluding hydrogens is 352 g/mol. The fourth-order valence-corrected chi connectivity index (χ4v) is 3.96. The summed E-state index contributed by atoms with van der Waals surface area (Å²) in [6.45, 7) is 2.56. The summed E-state index contributed by atoms with van der Waals surface area (Å²) < 4.78 is 5.14. The Balaban J connectivity index is 1.70. The lowest BCUT2D eigenvalue weighted by atomic mass is 10.0. The van der Waals surface area contributed by atoms with E-state index in [0.29, 0.717) is 32.8 Å². The molecule has 6 nitrogen and oxygen atoms in total. The fraction of sp³-hybridized carbons (Fsp3) is 0.368. The van der Waals surface area contributed by atoms with Crippen molar-refractivity contribution in [2.75, 3.05) is 33.3 Å². The van der Waals surface area contributed by atoms with Crippen LogP contribution in [-0.2, 0) is 16.1 Å². The summed E-state index contributed by atoms with van der Waals surface area (Å²) in [5.74, 6) is -0.855. The molecule has 0 bridgehead atoms. The lowest BCUT2D eigenvalue weighted by molar-refractivity contribution is -0.144. The monoisotopic (exact) mass is 374 g/mol. The van der Waals surface area contributed by atoms with Gasteiger partial charge in [0.05, 0.1) is 11.5 Å². The quantitative estimate of drug-likeness (QED) is 0.841. The van der Waals surface area contributed by atoms with Gasteiger partial charge in [-0.1, -0.05) is 30.3 Å². The van der Waals surface area contributed by atoms with Crippen LogP contribution in [0.25, 0.3) is 0 Å². The molecule has 2 heterocycles. The molecule has 1 fully saturated rings. The minimum atomic E-state index is -0.877. The largest absolute Gasteiger partial charge is 0.480 e. The van der Waals surface area contributed by atoms with E-state index in [9.17, 15) is 14.7 Å². The van der Waals surface area contributed by atoms with Crippen molar-refractivity contribution >= 4 is 23.2 Å². The predicted molar refractivity (Wildman–Crippen MR) is 99.3 cm³/mol. The molecule has 1 N–H and O–H groups in total. The van der Waals surface area contributed by atoms with Gasteiger partial charge in [0, 0.05) is 33.3 Å². The number of amides is 1. The lowest BCUT2D eigenvalue weighted by Gasteiger charge is -2.37. The van der Waals surface area contributed by atoms with E-state index >= 15 is 0 Å². The molecule has 7 heteroatoms. The zero-order chi connectivity index (χ0) is 18.5. The number of rotatable bonds is 6. The molecule has 26 heavy (non-hydrogen) atoms. The maximum absolute atomic E-state index is 12.4. The third-order valence-electron chi connectivity index (χ3n) is 4.51. The van der Waals surface area contributed by atoms with Crippen molar-refractivity contribution in [3.63, 3.8) is 0 Å². The second kappa shape index (κ2) is 8.44. The normalized spacial score (nSPS) is 16.4. The Bertz CT molecular complexity index is 755. The molecule has 1 aliphatic rings. The molecule has 2 aromatic rings. The van der Waals surface area contributed by atoms with Crippen molar-refractivity contribution in [3.05, 3.63) is 57.8 Å². The number of ether oxygens (including phenoxy) is 1. The molecule has 1 amide bonds. The number of piperazine rings is 1. The van der Waals surface area contributed by atoms with Crippen LogP contribution in [0.5, 0.6) is 0 Å². The number of thiophene rings is 1. The highest BCUT2D eigenvalue weighted by Crippen LogP contribution is 2.24. The highest BCUT2D eigenvalue weighted by molar-refractivity contribution is 7.12. The van der Waals surface area contributed by atoms with Crippen molar-refractivity contribution in [2.24, 2.45) is 0 Å². The first-order valence-electron chi connectivity index (χ1n) is 8.47. The Hall–Kier alpha value is -2.22. The number of aliphatic carboxylic acids is 1. The van der Waals surface area contributed by atoms with Crippen molar-refractivity contribution < 1.29 is 19.4 Å². The van der Waals surface area contributed by atoms with E-state index in [0.717, 1.165) is 16.0 Å². The molecule has 1 saturated heterocycles. The van der Waals surface area contributed by atoms with E-state index in [-0.39, 0.29) is 5.91 Å². The maximum Gasteiger partial charge on any atom is 0.325 e. The van der Waals surface area contributed by atoms with Gasteiger partial charge in [0.25, 0.3) is 5.91 Å². The first kappa shape index (κ1) is 18.6. The second-order valence-electron chi connectivity index (χ2n) is 6.22. The maximum atomic E-state index is 12.4. The molecular formula is C19H22N2O4S. The first-order valence-corrected chi connectivity index (χ1v) is 9.35. The smallest absolute Gasteiger partial charge is 0.325 e. The summed E-state index contributed by atoms with van der Waals surface area (Å²) in [7, 11) is 1.62. The predicted octanol–water partition coefficient (Wildman–Crippen LogP) is 2.48. The summed E-state index contributed by atoms with van der Waals surface area (Å²) in [6.07, 6.45) is 0. The summed E-state index contributed by atoms with van der Waals surface area (Å²) in [4.78, 5) is 28.8. The summed E-state index contributed by atoms with van der Waals surface area (Å²) in [5.41, 5.74) is 1.69. The van der Waals surface area contributed by atoms with Crippen LogP contribution in [0.2, 0.25) is 0 Å². The van der Waals surface area contributed by atoms with E-state index in [1.165, 1.54) is 11.3 Å². The molecule has 0 saturated carbocycles. The summed E-state index contributed by atoms with van der Waals surface area (Å²) in [5, 5.41) is 11.7. The van der Waals surface area contributed by atoms with Crippen LogP contribution in [-0.4, -0.2) is 60.1 Å². The van der Waals surface area contributed by atoms with E-state index in [1.54, 1.807) is 12.0 Å². The molecule has 1 atom stereocenters. The number of carboxylic acid groups (broad SMARTS) is 1. The third kappa shape index (κ3) is 4.12. The SMILES string of the molecule is COCc1cccc([C@H](C(=O)O)N2CCN(C(=O)c3cccs3)CC2)c1. The molecule has 1 aromatic heterocycles. The van der Waals surface area contributed by atoms with Gasteiger partial charge in [-0.3, -0.25) is 14.5 Å². The topological polar surface area (TPSA) is 70.1 Å². The van der Waals surface area contributed by atoms with Crippen LogP contribution in [0, 0.1) is 0 Å². The van der Waals surface area contributed by atoms with Gasteiger partial charge in [-0.15, -0.1) is 11.3 Å². The van der Waals surface area contributed by atoms with Crippen molar-refractivity contribution in [2.45, 2.75) is 12.6 Å². The van der Waals surface area contributed by atoms with E-state index in [2.05, 4.69) is 0 Å². The van der Waals surface area contributed by atoms with E-state index < -0.39 is 12.0 Å². The number of nitrogens with zero attached hydrogens (tertiary/aromatic N) is 2. The lowest BCUT2D eigenvalue weighted by Crippen LogP contribution is -2.50. The van der Waals surface area contributed by atoms with Crippen LogP contribution in [0.15, 0.2) is 41.8 Å². The average Bonchev–Trinajstić information content (AvgIpc) is 3.17. The standard InChI is InChI=1S/C19H22N2O4S/c1-25-13-14-4-2-5-15(12-14)17(19(23)24)20-7-9-21(10-8-20)18(22)16-6-3-11-26-16/h2-6,11-12,17H,7-10,13H2,1H3,(H,23,24)/t17-/m1/s1. The van der Waals surface area contributed by atoms with Crippen LogP contribution >= 0.6 is 11.3 Å². The van der Waals surface area contributed by atoms with Gasteiger partial charge in [-0.05, 0) is 22.6 Å². The van der Waals surface area contributed by atoms with E-state index in [1.807, 2.05) is 46.7 Å². The Morgan fingerprint density at radius 3 is 2.58 bits per heavy atom. The minimum Gasteiger partial charge on any atom is -0.480 e. The molecule has 138 valence electrons. The van der Waals surface area contributed by atoms with Gasteiger partial charge in [0.1, 0.15) is 6.04 Å². The number of hydrogen-bond donors (Lipinski definition) is 1. The number of hydrogen-bond acceptors (Lipinski definition) is 5. The fourth-order valence-electron chi connectivity index (χ4n) is 3.27. The Morgan fingerprint density at radius 1 is 1.19 bits per heavy atom. The summed E-state index contributed by atoms with van der Waals surface area (Å²) >= 11 is 1.43. The number of carbonyl (C=O) groups excluding carboxylic acids is 1. The first-order chi connectivity index (χ1) is 12.6. The van der Waals surface area contributed by atoms with Crippen molar-refractivity contribution in [3.8, 4) is 0 Å². The van der Waals surface area contributed by atoms with Crippen molar-refractivity contribution in [1.82, 2.24) is 9.80 Å². The number of carboxylic acids is 1.